The van der Waals surface area contributed by atoms with E-state index in [1.54, 1.807) is 7.11 Å². The number of methoxy groups -OCH3 is 1. The summed E-state index contributed by atoms with van der Waals surface area (Å²) in [7, 11) is 1.66. The zero-order chi connectivity index (χ0) is 27.2. The molecule has 39 heavy (non-hydrogen) atoms. The molecule has 9 heteroatoms. The summed E-state index contributed by atoms with van der Waals surface area (Å²) < 4.78 is 25.1. The standard InChI is InChI=1S/C30H37FN4O3S/c1-22-32-27(21-39-22)30(36)35-13-4-3-5-26(35)12-18-38-29-19-23(6-11-28(29)37-2)20-33-14-16-34(17-15-33)25-9-7-24(31)8-10-25/h6-11,19,21,26H,3-5,12-18,20H2,1-2H3. The highest BCUT2D eigenvalue weighted by atomic mass is 32.1. The van der Waals surface area contributed by atoms with Crippen LogP contribution in [0, 0.1) is 12.7 Å². The number of piperidine rings is 1. The number of benzene rings is 2. The molecule has 0 N–H and O–H groups in total. The molecule has 0 spiro atoms. The Labute approximate surface area is 234 Å². The van der Waals surface area contributed by atoms with Crippen molar-refractivity contribution in [1.82, 2.24) is 14.8 Å². The number of anilines is 1. The molecule has 1 unspecified atom stereocenters. The van der Waals surface area contributed by atoms with Gasteiger partial charge in [-0.05, 0) is 68.1 Å². The monoisotopic (exact) mass is 552 g/mol. The van der Waals surface area contributed by atoms with Crippen LogP contribution in [0.1, 0.15) is 46.7 Å². The summed E-state index contributed by atoms with van der Waals surface area (Å²) in [6, 6.07) is 13.0. The average Bonchev–Trinajstić information content (AvgIpc) is 3.40. The molecule has 0 bridgehead atoms. The van der Waals surface area contributed by atoms with Crippen LogP contribution in [-0.2, 0) is 6.54 Å². The quantitative estimate of drug-likeness (QED) is 0.355. The van der Waals surface area contributed by atoms with Crippen LogP contribution in [0.15, 0.2) is 47.8 Å². The molecule has 5 rings (SSSR count). The predicted molar refractivity (Wildman–Crippen MR) is 153 cm³/mol. The van der Waals surface area contributed by atoms with Gasteiger partial charge in [-0.2, -0.15) is 0 Å². The van der Waals surface area contributed by atoms with Crippen LogP contribution in [-0.4, -0.2) is 73.2 Å². The third-order valence-electron chi connectivity index (χ3n) is 7.63. The van der Waals surface area contributed by atoms with Crippen LogP contribution in [0.5, 0.6) is 11.5 Å². The van der Waals surface area contributed by atoms with E-state index in [-0.39, 0.29) is 17.8 Å². The summed E-state index contributed by atoms with van der Waals surface area (Å²) >= 11 is 1.51. The molecule has 7 nitrogen and oxygen atoms in total. The summed E-state index contributed by atoms with van der Waals surface area (Å²) in [5.41, 5.74) is 2.80. The fourth-order valence-corrected chi connectivity index (χ4v) is 6.08. The van der Waals surface area contributed by atoms with Gasteiger partial charge in [0.25, 0.3) is 5.91 Å². The Hall–Kier alpha value is -3.17. The van der Waals surface area contributed by atoms with Crippen molar-refractivity contribution in [2.24, 2.45) is 0 Å². The van der Waals surface area contributed by atoms with Gasteiger partial charge in [-0.1, -0.05) is 6.07 Å². The van der Waals surface area contributed by atoms with E-state index in [4.69, 9.17) is 9.47 Å². The lowest BCUT2D eigenvalue weighted by atomic mass is 9.99. The van der Waals surface area contributed by atoms with E-state index in [0.717, 1.165) is 87.1 Å². The van der Waals surface area contributed by atoms with Crippen molar-refractivity contribution in [2.75, 3.05) is 51.3 Å². The van der Waals surface area contributed by atoms with Gasteiger partial charge in [-0.3, -0.25) is 9.69 Å². The Morgan fingerprint density at radius 3 is 2.56 bits per heavy atom. The Morgan fingerprint density at radius 1 is 1.05 bits per heavy atom. The Bertz CT molecular complexity index is 1240. The molecule has 3 heterocycles. The van der Waals surface area contributed by atoms with Gasteiger partial charge in [0.15, 0.2) is 11.5 Å². The summed E-state index contributed by atoms with van der Waals surface area (Å²) in [4.78, 5) is 24.2. The fraction of sp³-hybridized carbons (Fsp3) is 0.467. The van der Waals surface area contributed by atoms with Gasteiger partial charge >= 0.3 is 0 Å². The highest BCUT2D eigenvalue weighted by Gasteiger charge is 2.28. The minimum Gasteiger partial charge on any atom is -0.493 e. The zero-order valence-corrected chi connectivity index (χ0v) is 23.6. The highest BCUT2D eigenvalue weighted by molar-refractivity contribution is 7.09. The second kappa shape index (κ2) is 12.8. The number of halogens is 1. The van der Waals surface area contributed by atoms with Crippen molar-refractivity contribution >= 4 is 22.9 Å². The van der Waals surface area contributed by atoms with Crippen LogP contribution in [0.4, 0.5) is 10.1 Å². The van der Waals surface area contributed by atoms with Gasteiger partial charge in [0, 0.05) is 62.8 Å². The largest absolute Gasteiger partial charge is 0.493 e. The van der Waals surface area contributed by atoms with E-state index < -0.39 is 0 Å². The second-order valence-electron chi connectivity index (χ2n) is 10.3. The number of aryl methyl sites for hydroxylation is 1. The van der Waals surface area contributed by atoms with Crippen molar-refractivity contribution in [3.8, 4) is 11.5 Å². The molecule has 2 saturated heterocycles. The Morgan fingerprint density at radius 2 is 1.85 bits per heavy atom. The van der Waals surface area contributed by atoms with Gasteiger partial charge in [-0.15, -0.1) is 11.3 Å². The first-order valence-corrected chi connectivity index (χ1v) is 14.6. The van der Waals surface area contributed by atoms with Gasteiger partial charge in [0.05, 0.1) is 18.7 Å². The molecule has 1 aromatic heterocycles. The molecule has 2 aliphatic heterocycles. The maximum Gasteiger partial charge on any atom is 0.273 e. The molecular weight excluding hydrogens is 515 g/mol. The molecule has 2 fully saturated rings. The third-order valence-corrected chi connectivity index (χ3v) is 8.41. The molecule has 0 radical (unpaired) electrons. The fourth-order valence-electron chi connectivity index (χ4n) is 5.49. The number of amides is 1. The second-order valence-corrected chi connectivity index (χ2v) is 11.3. The Kier molecular flexibility index (Phi) is 8.98. The van der Waals surface area contributed by atoms with E-state index in [2.05, 4.69) is 26.9 Å². The number of piperazine rings is 1. The molecule has 2 aromatic carbocycles. The van der Waals surface area contributed by atoms with Crippen LogP contribution in [0.2, 0.25) is 0 Å². The van der Waals surface area contributed by atoms with Crippen molar-refractivity contribution in [3.05, 3.63) is 69.9 Å². The van der Waals surface area contributed by atoms with E-state index >= 15 is 0 Å². The number of thiazole rings is 1. The molecule has 1 amide bonds. The number of rotatable bonds is 9. The maximum absolute atomic E-state index is 13.3. The minimum absolute atomic E-state index is 0.0307. The molecule has 1 atom stereocenters. The first kappa shape index (κ1) is 27.4. The molecule has 3 aromatic rings. The van der Waals surface area contributed by atoms with E-state index in [1.807, 2.05) is 35.4 Å². The third kappa shape index (κ3) is 6.89. The lowest BCUT2D eigenvalue weighted by Crippen LogP contribution is -2.45. The van der Waals surface area contributed by atoms with Crippen molar-refractivity contribution in [3.63, 3.8) is 0 Å². The first-order valence-electron chi connectivity index (χ1n) is 13.8. The van der Waals surface area contributed by atoms with Crippen LogP contribution < -0.4 is 14.4 Å². The number of carbonyl (C=O) groups is 1. The number of likely N-dealkylation sites (tertiary alicyclic amines) is 1. The molecule has 2 aliphatic rings. The molecule has 0 aliphatic carbocycles. The van der Waals surface area contributed by atoms with Crippen molar-refractivity contribution in [2.45, 2.75) is 45.2 Å². The van der Waals surface area contributed by atoms with Gasteiger partial charge in [0.1, 0.15) is 11.5 Å². The lowest BCUT2D eigenvalue weighted by Gasteiger charge is -2.36. The number of hydrogen-bond acceptors (Lipinski definition) is 7. The summed E-state index contributed by atoms with van der Waals surface area (Å²) in [6.07, 6.45) is 3.91. The number of carbonyl (C=O) groups excluding carboxylic acids is 1. The number of ether oxygens (including phenoxy) is 2. The molecule has 208 valence electrons. The number of aromatic nitrogens is 1. The highest BCUT2D eigenvalue weighted by Crippen LogP contribution is 2.30. The average molecular weight is 553 g/mol. The van der Waals surface area contributed by atoms with E-state index in [9.17, 15) is 9.18 Å². The smallest absolute Gasteiger partial charge is 0.273 e. The molecule has 0 saturated carbocycles. The van der Waals surface area contributed by atoms with Crippen molar-refractivity contribution < 1.29 is 18.7 Å². The minimum atomic E-state index is -0.204. The Balaban J connectivity index is 1.15. The van der Waals surface area contributed by atoms with Gasteiger partial charge < -0.3 is 19.3 Å². The summed E-state index contributed by atoms with van der Waals surface area (Å²) in [6.45, 7) is 7.72. The summed E-state index contributed by atoms with van der Waals surface area (Å²) in [5, 5.41) is 2.77. The lowest BCUT2D eigenvalue weighted by molar-refractivity contribution is 0.0574. The number of nitrogens with zero attached hydrogens (tertiary/aromatic N) is 4. The van der Waals surface area contributed by atoms with Crippen LogP contribution in [0.3, 0.4) is 0 Å². The van der Waals surface area contributed by atoms with Crippen LogP contribution >= 0.6 is 11.3 Å². The van der Waals surface area contributed by atoms with Crippen LogP contribution in [0.25, 0.3) is 0 Å². The summed E-state index contributed by atoms with van der Waals surface area (Å²) in [5.74, 6) is 1.28. The zero-order valence-electron chi connectivity index (χ0n) is 22.8. The topological polar surface area (TPSA) is 58.1 Å². The predicted octanol–water partition coefficient (Wildman–Crippen LogP) is 5.39. The first-order chi connectivity index (χ1) is 19.0. The van der Waals surface area contributed by atoms with Crippen molar-refractivity contribution in [1.29, 1.82) is 0 Å². The number of hydrogen-bond donors (Lipinski definition) is 0. The SMILES string of the molecule is COc1ccc(CN2CCN(c3ccc(F)cc3)CC2)cc1OCCC1CCCCN1C(=O)c1csc(C)n1. The van der Waals surface area contributed by atoms with E-state index in [0.29, 0.717) is 12.3 Å². The van der Waals surface area contributed by atoms with Gasteiger partial charge in [0.2, 0.25) is 0 Å². The van der Waals surface area contributed by atoms with E-state index in [1.165, 1.54) is 29.0 Å². The van der Waals surface area contributed by atoms with Gasteiger partial charge in [-0.25, -0.2) is 9.37 Å². The molecular formula is C30H37FN4O3S. The normalized spacial score (nSPS) is 18.3. The maximum atomic E-state index is 13.3.